The second-order valence-electron chi connectivity index (χ2n) is 5.04. The van der Waals surface area contributed by atoms with Gasteiger partial charge in [0.05, 0.1) is 18.4 Å². The number of carbonyl (C=O) groups excluding carboxylic acids is 1. The number of amides is 1. The van der Waals surface area contributed by atoms with Crippen LogP contribution in [0, 0.1) is 5.92 Å². The molecule has 18 heavy (non-hydrogen) atoms. The Kier molecular flexibility index (Phi) is 3.04. The summed E-state index contributed by atoms with van der Waals surface area (Å²) >= 11 is 6.51. The lowest BCUT2D eigenvalue weighted by atomic mass is 9.96. The number of rotatable bonds is 2. The summed E-state index contributed by atoms with van der Waals surface area (Å²) in [6.45, 7) is 1.55. The first-order chi connectivity index (χ1) is 8.66. The maximum absolute atomic E-state index is 11.6. The molecule has 0 N–H and O–H groups in total. The van der Waals surface area contributed by atoms with Crippen molar-refractivity contribution in [3.05, 3.63) is 29.3 Å². The molecular weight excluding hydrogens is 250 g/mol. The molecule has 2 aliphatic rings. The number of hydrogen-bond acceptors (Lipinski definition) is 2. The number of nitrogens with zero attached hydrogens (tertiary/aromatic N) is 1. The average Bonchev–Trinajstić information content (AvgIpc) is 2.98. The van der Waals surface area contributed by atoms with E-state index < -0.39 is 0 Å². The summed E-state index contributed by atoms with van der Waals surface area (Å²) in [6.07, 6.45) is 1.51. The van der Waals surface area contributed by atoms with Gasteiger partial charge in [-0.2, -0.15) is 0 Å². The van der Waals surface area contributed by atoms with E-state index in [9.17, 15) is 4.79 Å². The lowest BCUT2D eigenvalue weighted by molar-refractivity contribution is -0.117. The quantitative estimate of drug-likeness (QED) is 0.769. The first kappa shape index (κ1) is 12.0. The predicted octanol–water partition coefficient (Wildman–Crippen LogP) is 2.52. The second-order valence-corrected chi connectivity index (χ2v) is 5.51. The molecule has 3 rings (SSSR count). The highest BCUT2D eigenvalue weighted by Crippen LogP contribution is 2.37. The highest BCUT2D eigenvalue weighted by molar-refractivity contribution is 6.21. The van der Waals surface area contributed by atoms with Gasteiger partial charge in [0.2, 0.25) is 5.91 Å². The number of anilines is 1. The van der Waals surface area contributed by atoms with Crippen LogP contribution in [-0.2, 0) is 16.0 Å². The number of hydrogen-bond donors (Lipinski definition) is 0. The van der Waals surface area contributed by atoms with Gasteiger partial charge in [0.1, 0.15) is 0 Å². The van der Waals surface area contributed by atoms with Crippen molar-refractivity contribution in [1.29, 1.82) is 0 Å². The molecule has 0 aromatic heterocycles. The van der Waals surface area contributed by atoms with Crippen LogP contribution in [0.15, 0.2) is 18.2 Å². The van der Waals surface area contributed by atoms with Crippen molar-refractivity contribution in [3.63, 3.8) is 0 Å². The molecule has 2 aliphatic heterocycles. The van der Waals surface area contributed by atoms with E-state index in [1.165, 1.54) is 0 Å². The van der Waals surface area contributed by atoms with Gasteiger partial charge < -0.3 is 9.64 Å². The van der Waals surface area contributed by atoms with E-state index in [0.29, 0.717) is 12.3 Å². The number of benzene rings is 1. The van der Waals surface area contributed by atoms with Gasteiger partial charge in [-0.25, -0.2) is 0 Å². The third kappa shape index (κ3) is 1.91. The molecule has 4 heteroatoms. The van der Waals surface area contributed by atoms with E-state index in [1.807, 2.05) is 19.2 Å². The topological polar surface area (TPSA) is 29.5 Å². The van der Waals surface area contributed by atoms with Crippen molar-refractivity contribution in [1.82, 2.24) is 0 Å². The maximum atomic E-state index is 11.6. The van der Waals surface area contributed by atoms with E-state index in [-0.39, 0.29) is 11.3 Å². The van der Waals surface area contributed by atoms with E-state index in [1.54, 1.807) is 4.90 Å². The normalized spacial score (nSPS) is 24.4. The van der Waals surface area contributed by atoms with Gasteiger partial charge in [-0.15, -0.1) is 11.6 Å². The molecule has 2 atom stereocenters. The second kappa shape index (κ2) is 4.56. The van der Waals surface area contributed by atoms with Crippen LogP contribution >= 0.6 is 11.6 Å². The Bertz CT molecular complexity index is 483. The van der Waals surface area contributed by atoms with Gasteiger partial charge in [-0.05, 0) is 23.6 Å². The lowest BCUT2D eigenvalue weighted by Crippen LogP contribution is -2.20. The fourth-order valence-electron chi connectivity index (χ4n) is 2.72. The van der Waals surface area contributed by atoms with Crippen molar-refractivity contribution < 1.29 is 9.53 Å². The predicted molar refractivity (Wildman–Crippen MR) is 71.1 cm³/mol. The minimum absolute atomic E-state index is 0.0150. The molecule has 0 saturated carbocycles. The summed E-state index contributed by atoms with van der Waals surface area (Å²) in [7, 11) is 1.82. The summed E-state index contributed by atoms with van der Waals surface area (Å²) in [5.41, 5.74) is 3.20. The van der Waals surface area contributed by atoms with Gasteiger partial charge in [0, 0.05) is 25.3 Å². The summed E-state index contributed by atoms with van der Waals surface area (Å²) in [5.74, 6) is 0.539. The van der Waals surface area contributed by atoms with Gasteiger partial charge >= 0.3 is 0 Å². The van der Waals surface area contributed by atoms with Crippen LogP contribution < -0.4 is 4.90 Å². The zero-order valence-corrected chi connectivity index (χ0v) is 11.1. The monoisotopic (exact) mass is 265 g/mol. The van der Waals surface area contributed by atoms with Gasteiger partial charge in [-0.3, -0.25) is 4.79 Å². The van der Waals surface area contributed by atoms with E-state index >= 15 is 0 Å². The molecule has 0 bridgehead atoms. The van der Waals surface area contributed by atoms with Crippen LogP contribution in [0.5, 0.6) is 0 Å². The largest absolute Gasteiger partial charge is 0.381 e. The van der Waals surface area contributed by atoms with Gasteiger partial charge in [-0.1, -0.05) is 12.1 Å². The van der Waals surface area contributed by atoms with Crippen molar-refractivity contribution in [2.45, 2.75) is 18.2 Å². The standard InChI is InChI=1S/C14H16ClNO2/c1-16-12-3-2-9(6-11(12)7-13(16)17)14(15)10-4-5-18-8-10/h2-3,6,10,14H,4-5,7-8H2,1H3. The summed E-state index contributed by atoms with van der Waals surface area (Å²) in [6, 6.07) is 6.11. The Morgan fingerprint density at radius 2 is 2.33 bits per heavy atom. The number of ether oxygens (including phenoxy) is 1. The molecule has 1 aromatic rings. The van der Waals surface area contributed by atoms with Crippen LogP contribution in [-0.4, -0.2) is 26.2 Å². The molecule has 1 aromatic carbocycles. The molecule has 3 nitrogen and oxygen atoms in total. The maximum Gasteiger partial charge on any atom is 0.231 e. The van der Waals surface area contributed by atoms with E-state index in [2.05, 4.69) is 6.07 Å². The van der Waals surface area contributed by atoms with Gasteiger partial charge in [0.25, 0.3) is 0 Å². The first-order valence-corrected chi connectivity index (χ1v) is 6.71. The molecule has 2 unspecified atom stereocenters. The van der Waals surface area contributed by atoms with Crippen LogP contribution in [0.1, 0.15) is 22.9 Å². The molecule has 1 fully saturated rings. The Labute approximate surface area is 112 Å². The number of likely N-dealkylation sites (N-methyl/N-ethyl adjacent to an activating group) is 1. The molecule has 1 amide bonds. The minimum atomic E-state index is -0.0150. The minimum Gasteiger partial charge on any atom is -0.381 e. The Morgan fingerprint density at radius 1 is 1.50 bits per heavy atom. The van der Waals surface area contributed by atoms with Crippen molar-refractivity contribution >= 4 is 23.2 Å². The number of fused-ring (bicyclic) bond motifs is 1. The zero-order chi connectivity index (χ0) is 12.7. The fourth-order valence-corrected chi connectivity index (χ4v) is 3.05. The van der Waals surface area contributed by atoms with E-state index in [4.69, 9.17) is 16.3 Å². The van der Waals surface area contributed by atoms with E-state index in [0.717, 1.165) is 36.4 Å². The highest BCUT2D eigenvalue weighted by Gasteiger charge is 2.28. The van der Waals surface area contributed by atoms with Crippen molar-refractivity contribution in [2.75, 3.05) is 25.2 Å². The average molecular weight is 266 g/mol. The molecule has 0 radical (unpaired) electrons. The summed E-state index contributed by atoms with van der Waals surface area (Å²) < 4.78 is 5.38. The summed E-state index contributed by atoms with van der Waals surface area (Å²) in [5, 5.41) is -0.0150. The Morgan fingerprint density at radius 3 is 3.06 bits per heavy atom. The van der Waals surface area contributed by atoms with Crippen LogP contribution in [0.3, 0.4) is 0 Å². The zero-order valence-electron chi connectivity index (χ0n) is 10.4. The lowest BCUT2D eigenvalue weighted by Gasteiger charge is -2.17. The Balaban J connectivity index is 1.87. The third-order valence-corrected chi connectivity index (χ3v) is 4.49. The highest BCUT2D eigenvalue weighted by atomic mass is 35.5. The number of carbonyl (C=O) groups is 1. The number of halogens is 1. The molecule has 0 spiro atoms. The number of alkyl halides is 1. The van der Waals surface area contributed by atoms with Crippen LogP contribution in [0.4, 0.5) is 5.69 Å². The Hall–Kier alpha value is -1.06. The molecule has 2 heterocycles. The summed E-state index contributed by atoms with van der Waals surface area (Å²) in [4.78, 5) is 13.4. The smallest absolute Gasteiger partial charge is 0.231 e. The fraction of sp³-hybridized carbons (Fsp3) is 0.500. The molecular formula is C14H16ClNO2. The third-order valence-electron chi connectivity index (χ3n) is 3.88. The SMILES string of the molecule is CN1C(=O)Cc2cc(C(Cl)C3CCOC3)ccc21. The first-order valence-electron chi connectivity index (χ1n) is 6.28. The molecule has 0 aliphatic carbocycles. The molecule has 1 saturated heterocycles. The molecule has 96 valence electrons. The van der Waals surface area contributed by atoms with Crippen LogP contribution in [0.2, 0.25) is 0 Å². The van der Waals surface area contributed by atoms with Crippen molar-refractivity contribution in [2.24, 2.45) is 5.92 Å². The van der Waals surface area contributed by atoms with Crippen LogP contribution in [0.25, 0.3) is 0 Å². The van der Waals surface area contributed by atoms with Crippen molar-refractivity contribution in [3.8, 4) is 0 Å². The van der Waals surface area contributed by atoms with Gasteiger partial charge in [0.15, 0.2) is 0 Å².